The number of carboxylic acid groups (broad SMARTS) is 1. The summed E-state index contributed by atoms with van der Waals surface area (Å²) in [4.78, 5) is 23.2. The number of hydrogen-bond donors (Lipinski definition) is 1. The minimum absolute atomic E-state index is 0.280. The molecule has 0 spiro atoms. The Morgan fingerprint density at radius 2 is 2.21 bits per heavy atom. The van der Waals surface area contributed by atoms with E-state index in [4.69, 9.17) is 5.11 Å². The maximum absolute atomic E-state index is 10.9. The van der Waals surface area contributed by atoms with E-state index in [-0.39, 0.29) is 11.3 Å². The van der Waals surface area contributed by atoms with Gasteiger partial charge in [-0.15, -0.1) is 0 Å². The van der Waals surface area contributed by atoms with Crippen LogP contribution < -0.4 is 4.90 Å². The molecule has 1 aliphatic heterocycles. The summed E-state index contributed by atoms with van der Waals surface area (Å²) in [7, 11) is 0. The molecule has 0 saturated carbocycles. The topological polar surface area (TPSA) is 83.7 Å². The second-order valence-corrected chi connectivity index (χ2v) is 4.52. The molecule has 1 aliphatic rings. The lowest BCUT2D eigenvalue weighted by atomic mass is 10.1. The molecule has 2 rings (SSSR count). The molecule has 19 heavy (non-hydrogen) atoms. The SMILES string of the molecule is CC1=CCCN(c2ccc(C(=O)O)c([N+](=O)[O-])c2)C1. The first-order valence-electron chi connectivity index (χ1n) is 5.91. The van der Waals surface area contributed by atoms with Gasteiger partial charge >= 0.3 is 5.97 Å². The van der Waals surface area contributed by atoms with Crippen molar-refractivity contribution in [1.82, 2.24) is 0 Å². The molecular weight excluding hydrogens is 248 g/mol. The Hall–Kier alpha value is -2.37. The second kappa shape index (κ2) is 5.09. The van der Waals surface area contributed by atoms with E-state index in [1.165, 1.54) is 17.7 Å². The zero-order chi connectivity index (χ0) is 14.0. The highest BCUT2D eigenvalue weighted by atomic mass is 16.6. The molecule has 0 bridgehead atoms. The van der Waals surface area contributed by atoms with Crippen molar-refractivity contribution in [2.75, 3.05) is 18.0 Å². The van der Waals surface area contributed by atoms with Crippen LogP contribution in [0.4, 0.5) is 11.4 Å². The molecule has 1 N–H and O–H groups in total. The highest BCUT2D eigenvalue weighted by molar-refractivity contribution is 5.93. The van der Waals surface area contributed by atoms with Crippen LogP contribution in [0.3, 0.4) is 0 Å². The van der Waals surface area contributed by atoms with E-state index in [1.54, 1.807) is 6.07 Å². The van der Waals surface area contributed by atoms with Crippen LogP contribution >= 0.6 is 0 Å². The van der Waals surface area contributed by atoms with E-state index in [2.05, 4.69) is 6.08 Å². The van der Waals surface area contributed by atoms with Gasteiger partial charge in [0.15, 0.2) is 0 Å². The highest BCUT2D eigenvalue weighted by Gasteiger charge is 2.22. The number of nitro groups is 1. The average molecular weight is 262 g/mol. The fourth-order valence-corrected chi connectivity index (χ4v) is 2.18. The number of nitro benzene ring substituents is 1. The predicted molar refractivity (Wildman–Crippen MR) is 70.6 cm³/mol. The molecule has 100 valence electrons. The number of carboxylic acids is 1. The maximum Gasteiger partial charge on any atom is 0.342 e. The van der Waals surface area contributed by atoms with Crippen molar-refractivity contribution in [2.45, 2.75) is 13.3 Å². The van der Waals surface area contributed by atoms with E-state index in [0.29, 0.717) is 12.2 Å². The molecule has 0 radical (unpaired) electrons. The molecule has 6 nitrogen and oxygen atoms in total. The molecular formula is C13H14N2O4. The van der Waals surface area contributed by atoms with Gasteiger partial charge in [-0.05, 0) is 25.5 Å². The first-order valence-corrected chi connectivity index (χ1v) is 5.91. The van der Waals surface area contributed by atoms with E-state index >= 15 is 0 Å². The lowest BCUT2D eigenvalue weighted by molar-refractivity contribution is -0.385. The number of carbonyl (C=O) groups is 1. The summed E-state index contributed by atoms with van der Waals surface area (Å²) in [6, 6.07) is 4.25. The summed E-state index contributed by atoms with van der Waals surface area (Å²) in [5.41, 5.74) is 1.25. The smallest absolute Gasteiger partial charge is 0.342 e. The average Bonchev–Trinajstić information content (AvgIpc) is 2.37. The molecule has 0 fully saturated rings. The fraction of sp³-hybridized carbons (Fsp3) is 0.308. The largest absolute Gasteiger partial charge is 0.477 e. The lowest BCUT2D eigenvalue weighted by Gasteiger charge is -2.28. The van der Waals surface area contributed by atoms with Gasteiger partial charge in [-0.3, -0.25) is 10.1 Å². The van der Waals surface area contributed by atoms with Gasteiger partial charge in [0.25, 0.3) is 5.69 Å². The number of benzene rings is 1. The van der Waals surface area contributed by atoms with Crippen molar-refractivity contribution in [2.24, 2.45) is 0 Å². The summed E-state index contributed by atoms with van der Waals surface area (Å²) in [6.07, 6.45) is 3.02. The monoisotopic (exact) mass is 262 g/mol. The number of rotatable bonds is 3. The molecule has 0 saturated heterocycles. The van der Waals surface area contributed by atoms with Gasteiger partial charge in [0.1, 0.15) is 5.56 Å². The summed E-state index contributed by atoms with van der Waals surface area (Å²) in [6.45, 7) is 3.50. The quantitative estimate of drug-likeness (QED) is 0.514. The molecule has 1 aromatic rings. The standard InChI is InChI=1S/C13H14N2O4/c1-9-3-2-6-14(8-9)10-4-5-11(13(16)17)12(7-10)15(18)19/h3-5,7H,2,6,8H2,1H3,(H,16,17). The minimum atomic E-state index is -1.28. The van der Waals surface area contributed by atoms with Crippen LogP contribution in [0, 0.1) is 10.1 Å². The molecule has 1 heterocycles. The van der Waals surface area contributed by atoms with Crippen molar-refractivity contribution in [3.63, 3.8) is 0 Å². The van der Waals surface area contributed by atoms with Gasteiger partial charge in [-0.2, -0.15) is 0 Å². The van der Waals surface area contributed by atoms with Crippen LogP contribution in [-0.4, -0.2) is 29.1 Å². The Labute approximate surface area is 110 Å². The Kier molecular flexibility index (Phi) is 3.50. The molecule has 0 unspecified atom stereocenters. The summed E-state index contributed by atoms with van der Waals surface area (Å²) >= 11 is 0. The highest BCUT2D eigenvalue weighted by Crippen LogP contribution is 2.27. The molecule has 0 aliphatic carbocycles. The zero-order valence-corrected chi connectivity index (χ0v) is 10.5. The van der Waals surface area contributed by atoms with E-state index in [0.717, 1.165) is 13.0 Å². The van der Waals surface area contributed by atoms with Gasteiger partial charge in [-0.1, -0.05) is 11.6 Å². The van der Waals surface area contributed by atoms with Crippen LogP contribution in [-0.2, 0) is 0 Å². The third kappa shape index (κ3) is 2.73. The van der Waals surface area contributed by atoms with Crippen LogP contribution in [0.5, 0.6) is 0 Å². The Bertz CT molecular complexity index is 566. The maximum atomic E-state index is 10.9. The van der Waals surface area contributed by atoms with E-state index < -0.39 is 10.9 Å². The van der Waals surface area contributed by atoms with Crippen LogP contribution in [0.15, 0.2) is 29.8 Å². The van der Waals surface area contributed by atoms with Gasteiger partial charge < -0.3 is 10.0 Å². The van der Waals surface area contributed by atoms with Crippen molar-refractivity contribution >= 4 is 17.3 Å². The predicted octanol–water partition coefficient (Wildman–Crippen LogP) is 2.45. The first-order chi connectivity index (χ1) is 8.99. The summed E-state index contributed by atoms with van der Waals surface area (Å²) in [5.74, 6) is -1.28. The molecule has 6 heteroatoms. The van der Waals surface area contributed by atoms with Gasteiger partial charge in [0.2, 0.25) is 0 Å². The van der Waals surface area contributed by atoms with Crippen LogP contribution in [0.25, 0.3) is 0 Å². The summed E-state index contributed by atoms with van der Waals surface area (Å²) in [5, 5.41) is 19.9. The van der Waals surface area contributed by atoms with E-state index in [9.17, 15) is 14.9 Å². The van der Waals surface area contributed by atoms with Gasteiger partial charge in [0.05, 0.1) is 4.92 Å². The third-order valence-corrected chi connectivity index (χ3v) is 3.11. The molecule has 1 aromatic carbocycles. The molecule has 0 atom stereocenters. The molecule has 0 aromatic heterocycles. The van der Waals surface area contributed by atoms with Crippen molar-refractivity contribution in [3.8, 4) is 0 Å². The number of anilines is 1. The van der Waals surface area contributed by atoms with Gasteiger partial charge in [0, 0.05) is 24.8 Å². The zero-order valence-electron chi connectivity index (χ0n) is 10.5. The van der Waals surface area contributed by atoms with Crippen molar-refractivity contribution < 1.29 is 14.8 Å². The summed E-state index contributed by atoms with van der Waals surface area (Å²) < 4.78 is 0. The molecule has 0 amide bonds. The van der Waals surface area contributed by atoms with Crippen LogP contribution in [0.1, 0.15) is 23.7 Å². The minimum Gasteiger partial charge on any atom is -0.477 e. The lowest BCUT2D eigenvalue weighted by Crippen LogP contribution is -2.29. The number of hydrogen-bond acceptors (Lipinski definition) is 4. The first kappa shape index (κ1) is 13.1. The Morgan fingerprint density at radius 1 is 1.47 bits per heavy atom. The van der Waals surface area contributed by atoms with Gasteiger partial charge in [-0.25, -0.2) is 4.79 Å². The third-order valence-electron chi connectivity index (χ3n) is 3.11. The van der Waals surface area contributed by atoms with Crippen molar-refractivity contribution in [1.29, 1.82) is 0 Å². The van der Waals surface area contributed by atoms with Crippen molar-refractivity contribution in [3.05, 3.63) is 45.5 Å². The van der Waals surface area contributed by atoms with E-state index in [1.807, 2.05) is 11.8 Å². The number of nitrogens with zero attached hydrogens (tertiary/aromatic N) is 2. The Morgan fingerprint density at radius 3 is 2.79 bits per heavy atom. The Balaban J connectivity index is 2.38. The number of aromatic carboxylic acids is 1. The van der Waals surface area contributed by atoms with Crippen LogP contribution in [0.2, 0.25) is 0 Å². The fourth-order valence-electron chi connectivity index (χ4n) is 2.18. The normalized spacial score (nSPS) is 15.0. The second-order valence-electron chi connectivity index (χ2n) is 4.52.